The number of carbonyl (C=O) groups is 1. The summed E-state index contributed by atoms with van der Waals surface area (Å²) in [6, 6.07) is 21.9. The number of aryl methyl sites for hydroxylation is 1. The highest BCUT2D eigenvalue weighted by molar-refractivity contribution is 7.86. The zero-order valence-corrected chi connectivity index (χ0v) is 17.4. The van der Waals surface area contributed by atoms with Crippen LogP contribution in [-0.4, -0.2) is 28.1 Å². The Morgan fingerprint density at radius 1 is 1.07 bits per heavy atom. The molecule has 1 unspecified atom stereocenters. The lowest BCUT2D eigenvalue weighted by molar-refractivity contribution is 0.0711. The number of carbonyl (C=O) groups excluding carboxylic acids is 1. The summed E-state index contributed by atoms with van der Waals surface area (Å²) in [5.74, 6) is -0.00979. The van der Waals surface area contributed by atoms with Gasteiger partial charge in [0.2, 0.25) is 0 Å². The molecule has 4 aromatic rings. The molecule has 0 fully saturated rings. The smallest absolute Gasteiger partial charge is 0.284 e. The van der Waals surface area contributed by atoms with Crippen LogP contribution >= 0.6 is 11.3 Å². The van der Waals surface area contributed by atoms with Crippen LogP contribution in [0, 0.1) is 0 Å². The normalized spacial score (nSPS) is 12.2. The van der Waals surface area contributed by atoms with Gasteiger partial charge in [-0.25, -0.2) is 9.69 Å². The molecule has 29 heavy (non-hydrogen) atoms. The molecule has 1 atom stereocenters. The van der Waals surface area contributed by atoms with Crippen molar-refractivity contribution in [2.24, 2.45) is 0 Å². The van der Waals surface area contributed by atoms with Gasteiger partial charge < -0.3 is 0 Å². The SMILES string of the molecule is CN(c1ccc2sc(C(=O)NO)cc2c1)S(=O)CCc1cccc2ccccc12. The first-order valence-corrected chi connectivity index (χ1v) is 11.2. The van der Waals surface area contributed by atoms with Gasteiger partial charge in [-0.05, 0) is 52.4 Å². The maximum atomic E-state index is 12.9. The molecule has 0 aliphatic rings. The number of hydroxylamine groups is 1. The van der Waals surface area contributed by atoms with Crippen LogP contribution in [0.3, 0.4) is 0 Å². The summed E-state index contributed by atoms with van der Waals surface area (Å²) in [6.07, 6.45) is 0.722. The average molecular weight is 425 g/mol. The molecular formula is C22H20N2O3S2. The predicted molar refractivity (Wildman–Crippen MR) is 120 cm³/mol. The summed E-state index contributed by atoms with van der Waals surface area (Å²) in [6.45, 7) is 0. The first-order chi connectivity index (χ1) is 14.1. The second kappa shape index (κ2) is 8.32. The second-order valence-corrected chi connectivity index (χ2v) is 9.37. The number of hydrogen-bond donors (Lipinski definition) is 2. The van der Waals surface area contributed by atoms with Crippen molar-refractivity contribution in [3.63, 3.8) is 0 Å². The van der Waals surface area contributed by atoms with Crippen molar-refractivity contribution in [3.05, 3.63) is 77.2 Å². The molecule has 0 aliphatic heterocycles. The van der Waals surface area contributed by atoms with Crippen LogP contribution < -0.4 is 9.79 Å². The highest BCUT2D eigenvalue weighted by Gasteiger charge is 2.14. The first-order valence-electron chi connectivity index (χ1n) is 9.14. The van der Waals surface area contributed by atoms with E-state index in [0.717, 1.165) is 22.2 Å². The number of nitrogens with zero attached hydrogens (tertiary/aromatic N) is 1. The maximum Gasteiger partial charge on any atom is 0.284 e. The number of nitrogens with one attached hydrogen (secondary N) is 1. The third kappa shape index (κ3) is 4.03. The fourth-order valence-electron chi connectivity index (χ4n) is 3.36. The van der Waals surface area contributed by atoms with Crippen LogP contribution in [0.25, 0.3) is 20.9 Å². The fraction of sp³-hybridized carbons (Fsp3) is 0.136. The zero-order valence-electron chi connectivity index (χ0n) is 15.8. The molecule has 1 amide bonds. The van der Waals surface area contributed by atoms with Gasteiger partial charge in [-0.15, -0.1) is 11.3 Å². The van der Waals surface area contributed by atoms with E-state index in [9.17, 15) is 9.00 Å². The molecule has 0 spiro atoms. The van der Waals surface area contributed by atoms with Gasteiger partial charge in [0.25, 0.3) is 5.91 Å². The Hall–Kier alpha value is -2.74. The predicted octanol–water partition coefficient (Wildman–Crippen LogP) is 4.52. The number of thiophene rings is 1. The molecule has 4 rings (SSSR count). The third-order valence-corrected chi connectivity index (χ3v) is 7.41. The monoisotopic (exact) mass is 424 g/mol. The van der Waals surface area contributed by atoms with E-state index in [1.54, 1.807) is 15.9 Å². The van der Waals surface area contributed by atoms with E-state index in [-0.39, 0.29) is 0 Å². The van der Waals surface area contributed by atoms with Crippen LogP contribution in [0.5, 0.6) is 0 Å². The van der Waals surface area contributed by atoms with E-state index in [4.69, 9.17) is 5.21 Å². The van der Waals surface area contributed by atoms with Gasteiger partial charge in [-0.3, -0.25) is 14.3 Å². The van der Waals surface area contributed by atoms with Crippen LogP contribution in [0.4, 0.5) is 5.69 Å². The first kappa shape index (κ1) is 19.6. The van der Waals surface area contributed by atoms with Crippen LogP contribution in [0.2, 0.25) is 0 Å². The van der Waals surface area contributed by atoms with E-state index in [1.165, 1.54) is 27.7 Å². The Morgan fingerprint density at radius 3 is 2.69 bits per heavy atom. The second-order valence-electron chi connectivity index (χ2n) is 6.69. The van der Waals surface area contributed by atoms with Gasteiger partial charge in [0.15, 0.2) is 0 Å². The molecule has 0 radical (unpaired) electrons. The van der Waals surface area contributed by atoms with E-state index in [0.29, 0.717) is 10.6 Å². The Balaban J connectivity index is 1.50. The highest BCUT2D eigenvalue weighted by Crippen LogP contribution is 2.30. The number of benzene rings is 3. The quantitative estimate of drug-likeness (QED) is 0.353. The van der Waals surface area contributed by atoms with Crippen LogP contribution in [0.1, 0.15) is 15.2 Å². The lowest BCUT2D eigenvalue weighted by atomic mass is 10.0. The molecule has 1 heterocycles. The summed E-state index contributed by atoms with van der Waals surface area (Å²) in [5.41, 5.74) is 3.67. The van der Waals surface area contributed by atoms with E-state index < -0.39 is 16.9 Å². The van der Waals surface area contributed by atoms with Gasteiger partial charge >= 0.3 is 0 Å². The molecule has 0 aliphatic carbocycles. The van der Waals surface area contributed by atoms with Crippen LogP contribution in [0.15, 0.2) is 66.7 Å². The van der Waals surface area contributed by atoms with Crippen molar-refractivity contribution >= 4 is 54.8 Å². The Morgan fingerprint density at radius 2 is 1.86 bits per heavy atom. The number of amides is 1. The summed E-state index contributed by atoms with van der Waals surface area (Å²) in [4.78, 5) is 12.0. The van der Waals surface area contributed by atoms with Crippen molar-refractivity contribution < 1.29 is 14.2 Å². The fourth-order valence-corrected chi connectivity index (χ4v) is 5.31. The lowest BCUT2D eigenvalue weighted by Crippen LogP contribution is -2.23. The van der Waals surface area contributed by atoms with Gasteiger partial charge in [0, 0.05) is 23.2 Å². The largest absolute Gasteiger partial charge is 0.295 e. The lowest BCUT2D eigenvalue weighted by Gasteiger charge is -2.18. The summed E-state index contributed by atoms with van der Waals surface area (Å²) in [5, 5.41) is 12.1. The van der Waals surface area contributed by atoms with Gasteiger partial charge in [0.05, 0.1) is 4.88 Å². The van der Waals surface area contributed by atoms with Crippen LogP contribution in [-0.2, 0) is 17.4 Å². The molecule has 1 aromatic heterocycles. The van der Waals surface area contributed by atoms with Crippen molar-refractivity contribution in [2.75, 3.05) is 17.1 Å². The van der Waals surface area contributed by atoms with E-state index in [2.05, 4.69) is 24.3 Å². The van der Waals surface area contributed by atoms with Gasteiger partial charge in [-0.2, -0.15) is 0 Å². The number of fused-ring (bicyclic) bond motifs is 2. The van der Waals surface area contributed by atoms with Crippen molar-refractivity contribution in [2.45, 2.75) is 6.42 Å². The minimum Gasteiger partial charge on any atom is -0.295 e. The maximum absolute atomic E-state index is 12.9. The Kier molecular flexibility index (Phi) is 5.62. The molecule has 3 aromatic carbocycles. The van der Waals surface area contributed by atoms with Crippen molar-refractivity contribution in [3.8, 4) is 0 Å². The minimum absolute atomic E-state index is 0.430. The highest BCUT2D eigenvalue weighted by atomic mass is 32.2. The van der Waals surface area contributed by atoms with Gasteiger partial charge in [0.1, 0.15) is 11.0 Å². The topological polar surface area (TPSA) is 69.6 Å². The molecule has 7 heteroatoms. The Bertz CT molecular complexity index is 1210. The number of anilines is 1. The molecule has 0 saturated heterocycles. The summed E-state index contributed by atoms with van der Waals surface area (Å²) >= 11 is 1.30. The van der Waals surface area contributed by atoms with Crippen molar-refractivity contribution in [1.29, 1.82) is 0 Å². The Labute approximate surface area is 175 Å². The number of rotatable bonds is 6. The zero-order chi connectivity index (χ0) is 20.4. The van der Waals surface area contributed by atoms with E-state index >= 15 is 0 Å². The summed E-state index contributed by atoms with van der Waals surface area (Å²) < 4.78 is 15.6. The molecular weight excluding hydrogens is 404 g/mol. The third-order valence-electron chi connectivity index (χ3n) is 4.92. The molecule has 2 N–H and O–H groups in total. The minimum atomic E-state index is -1.19. The van der Waals surface area contributed by atoms with Gasteiger partial charge in [-0.1, -0.05) is 42.5 Å². The number of hydrogen-bond acceptors (Lipinski definition) is 4. The molecule has 148 valence electrons. The van der Waals surface area contributed by atoms with E-state index in [1.807, 2.05) is 43.4 Å². The molecule has 0 bridgehead atoms. The standard InChI is InChI=1S/C22H20N2O3S2/c1-24(18-9-10-20-17(13-18)14-21(28-20)22(25)23-26)29(27)12-11-16-7-4-6-15-5-2-3-8-19(15)16/h2-10,13-14,26H,11-12H2,1H3,(H,23,25). The molecule has 0 saturated carbocycles. The average Bonchev–Trinajstić information content (AvgIpc) is 3.19. The summed E-state index contributed by atoms with van der Waals surface area (Å²) in [7, 11) is 0.625. The van der Waals surface area contributed by atoms with Crippen molar-refractivity contribution in [1.82, 2.24) is 5.48 Å². The molecule has 5 nitrogen and oxygen atoms in total.